The van der Waals surface area contributed by atoms with Gasteiger partial charge < -0.3 is 10.5 Å². The van der Waals surface area contributed by atoms with Gasteiger partial charge in [-0.3, -0.25) is 4.90 Å². The maximum atomic E-state index is 6.44. The molecule has 1 heterocycles. The molecule has 106 valence electrons. The van der Waals surface area contributed by atoms with Crippen molar-refractivity contribution in [3.05, 3.63) is 28.8 Å². The summed E-state index contributed by atoms with van der Waals surface area (Å²) in [6, 6.07) is 6.13. The third-order valence-electron chi connectivity index (χ3n) is 4.10. The number of hydrogen-bond donors (Lipinski definition) is 1. The number of likely N-dealkylation sites (tertiary alicyclic amines) is 1. The van der Waals surface area contributed by atoms with Gasteiger partial charge in [0.1, 0.15) is 5.75 Å². The highest BCUT2D eigenvalue weighted by molar-refractivity contribution is 6.31. The number of benzene rings is 1. The number of rotatable bonds is 4. The van der Waals surface area contributed by atoms with Gasteiger partial charge in [0, 0.05) is 16.6 Å². The minimum absolute atomic E-state index is 0.271. The zero-order valence-electron chi connectivity index (χ0n) is 11.7. The number of nitrogens with two attached hydrogens (primary N) is 1. The number of piperidine rings is 1. The van der Waals surface area contributed by atoms with Crippen LogP contribution < -0.4 is 10.5 Å². The van der Waals surface area contributed by atoms with E-state index in [-0.39, 0.29) is 6.04 Å². The Bertz CT molecular complexity index is 413. The summed E-state index contributed by atoms with van der Waals surface area (Å²) in [5.74, 6) is 1.32. The van der Waals surface area contributed by atoms with Crippen LogP contribution in [0, 0.1) is 5.92 Å². The summed E-state index contributed by atoms with van der Waals surface area (Å²) >= 11 is 6.44. The maximum absolute atomic E-state index is 6.44. The Balaban J connectivity index is 2.45. The van der Waals surface area contributed by atoms with E-state index in [0.29, 0.717) is 12.5 Å². The van der Waals surface area contributed by atoms with Crippen LogP contribution in [0.2, 0.25) is 5.02 Å². The highest BCUT2D eigenvalue weighted by atomic mass is 35.5. The van der Waals surface area contributed by atoms with Gasteiger partial charge in [-0.05, 0) is 50.5 Å². The van der Waals surface area contributed by atoms with E-state index < -0.39 is 0 Å². The lowest BCUT2D eigenvalue weighted by Gasteiger charge is -2.41. The van der Waals surface area contributed by atoms with Crippen molar-refractivity contribution < 1.29 is 4.74 Å². The lowest BCUT2D eigenvalue weighted by Crippen LogP contribution is -2.41. The normalized spacial score (nSPS) is 24.4. The van der Waals surface area contributed by atoms with Crippen LogP contribution in [-0.4, -0.2) is 31.6 Å². The Kier molecular flexibility index (Phi) is 5.08. The summed E-state index contributed by atoms with van der Waals surface area (Å²) < 4.78 is 5.51. The smallest absolute Gasteiger partial charge is 0.125 e. The molecule has 0 aliphatic carbocycles. The second-order valence-corrected chi connectivity index (χ2v) is 5.47. The largest absolute Gasteiger partial charge is 0.496 e. The average molecular weight is 283 g/mol. The van der Waals surface area contributed by atoms with Crippen molar-refractivity contribution in [2.24, 2.45) is 11.7 Å². The molecule has 2 rings (SSSR count). The van der Waals surface area contributed by atoms with Crippen molar-refractivity contribution in [2.75, 3.05) is 26.7 Å². The number of hydrogen-bond acceptors (Lipinski definition) is 3. The molecule has 1 aromatic rings. The van der Waals surface area contributed by atoms with Crippen LogP contribution in [0.25, 0.3) is 0 Å². The molecule has 1 aromatic carbocycles. The molecule has 3 nitrogen and oxygen atoms in total. The van der Waals surface area contributed by atoms with Crippen molar-refractivity contribution in [3.8, 4) is 5.75 Å². The Morgan fingerprint density at radius 3 is 2.89 bits per heavy atom. The molecule has 0 aromatic heterocycles. The molecule has 0 bridgehead atoms. The Hall–Kier alpha value is -0.770. The highest BCUT2D eigenvalue weighted by Gasteiger charge is 2.34. The van der Waals surface area contributed by atoms with Crippen LogP contribution in [0.1, 0.15) is 31.4 Å². The lowest BCUT2D eigenvalue weighted by molar-refractivity contribution is 0.0999. The fourth-order valence-corrected chi connectivity index (χ4v) is 3.43. The fraction of sp³-hybridized carbons (Fsp3) is 0.600. The third kappa shape index (κ3) is 2.88. The van der Waals surface area contributed by atoms with Crippen molar-refractivity contribution in [2.45, 2.75) is 25.8 Å². The van der Waals surface area contributed by atoms with E-state index in [9.17, 15) is 0 Å². The second-order valence-electron chi connectivity index (χ2n) is 5.07. The van der Waals surface area contributed by atoms with Crippen molar-refractivity contribution >= 4 is 11.6 Å². The molecule has 1 aliphatic rings. The van der Waals surface area contributed by atoms with E-state index in [2.05, 4.69) is 11.8 Å². The van der Waals surface area contributed by atoms with Gasteiger partial charge in [0.05, 0.1) is 7.11 Å². The third-order valence-corrected chi connectivity index (χ3v) is 4.43. The molecule has 2 atom stereocenters. The number of methoxy groups -OCH3 is 1. The van der Waals surface area contributed by atoms with Gasteiger partial charge >= 0.3 is 0 Å². The predicted octanol–water partition coefficient (Wildman–Crippen LogP) is 3.08. The van der Waals surface area contributed by atoms with E-state index in [4.69, 9.17) is 22.1 Å². The van der Waals surface area contributed by atoms with Gasteiger partial charge in [-0.15, -0.1) is 0 Å². The minimum atomic E-state index is 0.271. The molecule has 0 saturated carbocycles. The lowest BCUT2D eigenvalue weighted by atomic mass is 9.84. The zero-order valence-corrected chi connectivity index (χ0v) is 12.5. The molecular weight excluding hydrogens is 260 g/mol. The fourth-order valence-electron chi connectivity index (χ4n) is 3.15. The quantitative estimate of drug-likeness (QED) is 0.922. The van der Waals surface area contributed by atoms with Gasteiger partial charge in [0.15, 0.2) is 0 Å². The number of halogens is 1. The summed E-state index contributed by atoms with van der Waals surface area (Å²) in [4.78, 5) is 2.46. The first kappa shape index (κ1) is 14.6. The van der Waals surface area contributed by atoms with Crippen LogP contribution in [0.15, 0.2) is 18.2 Å². The van der Waals surface area contributed by atoms with Crippen LogP contribution in [0.4, 0.5) is 0 Å². The Morgan fingerprint density at radius 1 is 1.47 bits per heavy atom. The van der Waals surface area contributed by atoms with E-state index >= 15 is 0 Å². The minimum Gasteiger partial charge on any atom is -0.496 e. The molecule has 1 saturated heterocycles. The first-order chi connectivity index (χ1) is 9.22. The topological polar surface area (TPSA) is 38.5 Å². The first-order valence-corrected chi connectivity index (χ1v) is 7.37. The monoisotopic (exact) mass is 282 g/mol. The van der Waals surface area contributed by atoms with E-state index in [1.807, 2.05) is 18.2 Å². The van der Waals surface area contributed by atoms with Gasteiger partial charge in [-0.2, -0.15) is 0 Å². The van der Waals surface area contributed by atoms with Crippen molar-refractivity contribution in [3.63, 3.8) is 0 Å². The first-order valence-electron chi connectivity index (χ1n) is 6.99. The van der Waals surface area contributed by atoms with Crippen LogP contribution in [0.3, 0.4) is 0 Å². The average Bonchev–Trinajstić information content (AvgIpc) is 2.46. The van der Waals surface area contributed by atoms with Gasteiger partial charge in [0.2, 0.25) is 0 Å². The van der Waals surface area contributed by atoms with Crippen LogP contribution in [-0.2, 0) is 0 Å². The SMILES string of the molecule is CCN1CCCC(CN)C1c1c(Cl)cccc1OC. The van der Waals surface area contributed by atoms with Crippen molar-refractivity contribution in [1.29, 1.82) is 0 Å². The van der Waals surface area contributed by atoms with Gasteiger partial charge in [-0.1, -0.05) is 24.6 Å². The highest BCUT2D eigenvalue weighted by Crippen LogP contribution is 2.42. The molecule has 0 radical (unpaired) electrons. The molecule has 2 N–H and O–H groups in total. The van der Waals surface area contributed by atoms with Gasteiger partial charge in [-0.25, -0.2) is 0 Å². The number of ether oxygens (including phenoxy) is 1. The molecule has 0 amide bonds. The van der Waals surface area contributed by atoms with Gasteiger partial charge in [0.25, 0.3) is 0 Å². The van der Waals surface area contributed by atoms with E-state index in [1.165, 1.54) is 6.42 Å². The molecule has 1 aliphatic heterocycles. The summed E-state index contributed by atoms with van der Waals surface area (Å²) in [6.45, 7) is 4.99. The standard InChI is InChI=1S/C15H23ClN2O/c1-3-18-9-5-6-11(10-17)15(18)14-12(16)7-4-8-13(14)19-2/h4,7-8,11,15H,3,5-6,9-10,17H2,1-2H3. The van der Waals surface area contributed by atoms with Crippen LogP contribution >= 0.6 is 11.6 Å². The molecular formula is C15H23ClN2O. The summed E-state index contributed by atoms with van der Waals surface area (Å²) in [5.41, 5.74) is 7.08. The molecule has 0 spiro atoms. The number of nitrogens with zero attached hydrogens (tertiary/aromatic N) is 1. The summed E-state index contributed by atoms with van der Waals surface area (Å²) in [6.07, 6.45) is 2.37. The zero-order chi connectivity index (χ0) is 13.8. The molecule has 19 heavy (non-hydrogen) atoms. The maximum Gasteiger partial charge on any atom is 0.125 e. The Labute approximate surface area is 120 Å². The molecule has 2 unspecified atom stereocenters. The van der Waals surface area contributed by atoms with Crippen LogP contribution in [0.5, 0.6) is 5.75 Å². The van der Waals surface area contributed by atoms with E-state index in [0.717, 1.165) is 35.8 Å². The molecule has 4 heteroatoms. The predicted molar refractivity (Wildman–Crippen MR) is 79.8 cm³/mol. The summed E-state index contributed by atoms with van der Waals surface area (Å²) in [7, 11) is 1.70. The molecule has 1 fully saturated rings. The van der Waals surface area contributed by atoms with E-state index in [1.54, 1.807) is 7.11 Å². The second kappa shape index (κ2) is 6.60. The summed E-state index contributed by atoms with van der Waals surface area (Å²) in [5, 5.41) is 0.781. The Morgan fingerprint density at radius 2 is 2.26 bits per heavy atom. The van der Waals surface area contributed by atoms with Crippen molar-refractivity contribution in [1.82, 2.24) is 4.90 Å².